The van der Waals surface area contributed by atoms with Crippen LogP contribution in [0.1, 0.15) is 12.6 Å². The summed E-state index contributed by atoms with van der Waals surface area (Å²) in [6.45, 7) is 2.02. The summed E-state index contributed by atoms with van der Waals surface area (Å²) in [6, 6.07) is 3.49. The first-order valence-corrected chi connectivity index (χ1v) is 5.45. The number of aliphatic hydroxyl groups is 1. The molecule has 13 heavy (non-hydrogen) atoms. The Morgan fingerprint density at radius 2 is 2.38 bits per heavy atom. The summed E-state index contributed by atoms with van der Waals surface area (Å²) in [5.74, 6) is 0.902. The van der Waals surface area contributed by atoms with Gasteiger partial charge in [-0.3, -0.25) is 0 Å². The molecule has 0 bridgehead atoms. The lowest BCUT2D eigenvalue weighted by molar-refractivity contribution is 0.566. The molecule has 0 saturated heterocycles. The smallest absolute Gasteiger partial charge is 0.208 e. The van der Waals surface area contributed by atoms with Crippen LogP contribution in [0.15, 0.2) is 17.0 Å². The Morgan fingerprint density at radius 3 is 2.92 bits per heavy atom. The van der Waals surface area contributed by atoms with Crippen LogP contribution < -0.4 is 0 Å². The Balaban J connectivity index is 3.10. The highest BCUT2D eigenvalue weighted by molar-refractivity contribution is 7.99. The number of aliphatic hydroxyl groups excluding tert-OH is 1. The molecule has 1 heterocycles. The fourth-order valence-corrected chi connectivity index (χ4v) is 1.97. The number of pyridine rings is 1. The molecule has 1 aromatic heterocycles. The van der Waals surface area contributed by atoms with E-state index in [4.69, 9.17) is 16.7 Å². The molecule has 0 amide bonds. The third-order valence-electron chi connectivity index (χ3n) is 1.33. The van der Waals surface area contributed by atoms with E-state index < -0.39 is 0 Å². The molecule has 0 aromatic carbocycles. The van der Waals surface area contributed by atoms with Gasteiger partial charge in [0.15, 0.2) is 0 Å². The molecule has 0 saturated carbocycles. The fourth-order valence-electron chi connectivity index (χ4n) is 0.848. The number of thioether (sulfide) groups is 1. The summed E-state index contributed by atoms with van der Waals surface area (Å²) in [7, 11) is 0. The number of rotatable bonds is 3. The average molecular weight is 234 g/mol. The summed E-state index contributed by atoms with van der Waals surface area (Å²) >= 11 is 11.9. The van der Waals surface area contributed by atoms with Crippen LogP contribution in [-0.4, -0.2) is 20.9 Å². The molecule has 0 aliphatic rings. The van der Waals surface area contributed by atoms with Crippen molar-refractivity contribution in [3.63, 3.8) is 0 Å². The van der Waals surface area contributed by atoms with Gasteiger partial charge in [-0.1, -0.05) is 18.5 Å². The zero-order chi connectivity index (χ0) is 9.84. The third-order valence-corrected chi connectivity index (χ3v) is 2.66. The molecule has 70 valence electrons. The van der Waals surface area contributed by atoms with E-state index >= 15 is 0 Å². The topological polar surface area (TPSA) is 33.1 Å². The predicted molar refractivity (Wildman–Crippen MR) is 60.0 cm³/mol. The molecule has 1 rings (SSSR count). The number of thiocarbonyl (C=S) groups is 1. The molecular weight excluding hydrogens is 226 g/mol. The highest BCUT2D eigenvalue weighted by Gasteiger charge is 2.08. The molecule has 0 atom stereocenters. The van der Waals surface area contributed by atoms with E-state index in [9.17, 15) is 0 Å². The van der Waals surface area contributed by atoms with Crippen LogP contribution in [0.2, 0.25) is 5.15 Å². The first-order chi connectivity index (χ1) is 6.15. The van der Waals surface area contributed by atoms with Gasteiger partial charge in [-0.15, -0.1) is 11.8 Å². The van der Waals surface area contributed by atoms with Gasteiger partial charge in [-0.25, -0.2) is 4.98 Å². The normalized spacial score (nSPS) is 10.0. The zero-order valence-corrected chi connectivity index (χ0v) is 9.34. The van der Waals surface area contributed by atoms with Gasteiger partial charge in [-0.2, -0.15) is 0 Å². The number of halogens is 1. The lowest BCUT2D eigenvalue weighted by atomic mass is 10.4. The van der Waals surface area contributed by atoms with Crippen LogP contribution in [0.25, 0.3) is 0 Å². The fraction of sp³-hybridized carbons (Fsp3) is 0.250. The molecule has 1 aromatic rings. The molecule has 1 N–H and O–H groups in total. The number of nitrogens with zero attached hydrogens (tertiary/aromatic N) is 1. The lowest BCUT2D eigenvalue weighted by Crippen LogP contribution is -2.01. The first-order valence-electron chi connectivity index (χ1n) is 3.67. The van der Waals surface area contributed by atoms with Crippen LogP contribution in [0, 0.1) is 0 Å². The van der Waals surface area contributed by atoms with Crippen molar-refractivity contribution >= 4 is 40.6 Å². The van der Waals surface area contributed by atoms with E-state index in [1.54, 1.807) is 23.9 Å². The second-order valence-corrected chi connectivity index (χ2v) is 4.30. The number of hydrogen-bond donors (Lipinski definition) is 1. The minimum absolute atomic E-state index is 0.210. The Hall–Kier alpha value is -0.320. The van der Waals surface area contributed by atoms with Gasteiger partial charge >= 0.3 is 0 Å². The quantitative estimate of drug-likeness (QED) is 0.494. The monoisotopic (exact) mass is 233 g/mol. The van der Waals surface area contributed by atoms with Gasteiger partial charge in [0.25, 0.3) is 0 Å². The van der Waals surface area contributed by atoms with Gasteiger partial charge in [0.05, 0.1) is 0 Å². The van der Waals surface area contributed by atoms with E-state index in [0.717, 1.165) is 10.6 Å². The Bertz CT molecular complexity index is 330. The maximum absolute atomic E-state index is 9.15. The molecule has 0 aliphatic heterocycles. The van der Waals surface area contributed by atoms with E-state index in [-0.39, 0.29) is 5.05 Å². The van der Waals surface area contributed by atoms with Crippen molar-refractivity contribution in [2.24, 2.45) is 0 Å². The van der Waals surface area contributed by atoms with E-state index in [0.29, 0.717) is 10.8 Å². The highest BCUT2D eigenvalue weighted by Crippen LogP contribution is 2.23. The first kappa shape index (κ1) is 10.8. The van der Waals surface area contributed by atoms with Gasteiger partial charge < -0.3 is 5.11 Å². The molecule has 0 spiro atoms. The summed E-state index contributed by atoms with van der Waals surface area (Å²) < 4.78 is 0. The Kier molecular flexibility index (Phi) is 3.96. The number of hydrogen-bond acceptors (Lipinski definition) is 3. The van der Waals surface area contributed by atoms with E-state index in [2.05, 4.69) is 17.2 Å². The zero-order valence-electron chi connectivity index (χ0n) is 6.95. The molecular formula is C8H8ClNOS2. The van der Waals surface area contributed by atoms with Gasteiger partial charge in [0, 0.05) is 4.90 Å². The van der Waals surface area contributed by atoms with Crippen LogP contribution >= 0.6 is 35.6 Å². The molecule has 2 nitrogen and oxygen atoms in total. The molecule has 0 unspecified atom stereocenters. The van der Waals surface area contributed by atoms with Gasteiger partial charge in [-0.05, 0) is 30.1 Å². The van der Waals surface area contributed by atoms with Crippen molar-refractivity contribution in [1.82, 2.24) is 4.98 Å². The third kappa shape index (κ3) is 2.83. The largest absolute Gasteiger partial charge is 0.497 e. The summed E-state index contributed by atoms with van der Waals surface area (Å²) in [4.78, 5) is 4.81. The van der Waals surface area contributed by atoms with Crippen molar-refractivity contribution in [2.45, 2.75) is 11.8 Å². The van der Waals surface area contributed by atoms with Crippen molar-refractivity contribution in [1.29, 1.82) is 0 Å². The second-order valence-electron chi connectivity index (χ2n) is 2.22. The summed E-state index contributed by atoms with van der Waals surface area (Å²) in [6.07, 6.45) is 0. The van der Waals surface area contributed by atoms with Crippen molar-refractivity contribution in [3.8, 4) is 0 Å². The number of aromatic nitrogens is 1. The van der Waals surface area contributed by atoms with Crippen molar-refractivity contribution < 1.29 is 5.11 Å². The average Bonchev–Trinajstić information content (AvgIpc) is 2.08. The van der Waals surface area contributed by atoms with Gasteiger partial charge in [0.2, 0.25) is 5.05 Å². The van der Waals surface area contributed by atoms with Gasteiger partial charge in [0.1, 0.15) is 10.8 Å². The summed E-state index contributed by atoms with van der Waals surface area (Å²) in [5.41, 5.74) is 0.398. The Morgan fingerprint density at radius 1 is 1.69 bits per heavy atom. The second kappa shape index (κ2) is 4.79. The minimum atomic E-state index is -0.210. The molecule has 5 heteroatoms. The maximum atomic E-state index is 9.15. The predicted octanol–water partition coefficient (Wildman–Crippen LogP) is 3.08. The maximum Gasteiger partial charge on any atom is 0.208 e. The molecule has 0 radical (unpaired) electrons. The lowest BCUT2D eigenvalue weighted by Gasteiger charge is -2.04. The highest BCUT2D eigenvalue weighted by atomic mass is 35.5. The SMILES string of the molecule is CCSc1ccc(Cl)nc1C(O)=S. The standard InChI is InChI=1S/C8H8ClNOS2/c1-2-13-5-3-4-6(9)10-7(5)8(11)12/h3-4H,2H2,1H3,(H,11,12). The van der Waals surface area contributed by atoms with Crippen LogP contribution in [0.4, 0.5) is 0 Å². The molecule has 0 fully saturated rings. The van der Waals surface area contributed by atoms with Crippen LogP contribution in [0.3, 0.4) is 0 Å². The van der Waals surface area contributed by atoms with Crippen molar-refractivity contribution in [2.75, 3.05) is 5.75 Å². The molecule has 0 aliphatic carbocycles. The van der Waals surface area contributed by atoms with Crippen molar-refractivity contribution in [3.05, 3.63) is 23.0 Å². The minimum Gasteiger partial charge on any atom is -0.497 e. The Labute approximate surface area is 91.3 Å². The van der Waals surface area contributed by atoms with Crippen LogP contribution in [-0.2, 0) is 0 Å². The summed E-state index contributed by atoms with van der Waals surface area (Å²) in [5, 5.41) is 9.28. The van der Waals surface area contributed by atoms with Crippen LogP contribution in [0.5, 0.6) is 0 Å². The van der Waals surface area contributed by atoms with E-state index in [1.807, 2.05) is 6.92 Å². The van der Waals surface area contributed by atoms with E-state index in [1.165, 1.54) is 0 Å².